The Balaban J connectivity index is 1.24. The van der Waals surface area contributed by atoms with Crippen LogP contribution in [0.4, 0.5) is 5.82 Å². The van der Waals surface area contributed by atoms with Crippen LogP contribution in [0.5, 0.6) is 0 Å². The number of rotatable bonds is 24. The van der Waals surface area contributed by atoms with Crippen molar-refractivity contribution in [3.8, 4) is 0 Å². The first-order valence-electron chi connectivity index (χ1n) is 17.4. The van der Waals surface area contributed by atoms with Gasteiger partial charge in [-0.3, -0.25) is 13.6 Å². The molecule has 3 heterocycles. The van der Waals surface area contributed by atoms with Gasteiger partial charge >= 0.3 is 13.5 Å². The molecule has 3 rings (SSSR count). The van der Waals surface area contributed by atoms with Gasteiger partial charge < -0.3 is 29.5 Å². The van der Waals surface area contributed by atoms with Crippen LogP contribution in [0.25, 0.3) is 0 Å². The molecule has 2 saturated heterocycles. The van der Waals surface area contributed by atoms with Gasteiger partial charge in [0.25, 0.3) is 0 Å². The highest BCUT2D eigenvalue weighted by atomic mass is 31.2. The molecule has 46 heavy (non-hydrogen) atoms. The van der Waals surface area contributed by atoms with Crippen LogP contribution in [-0.4, -0.2) is 93.7 Å². The molecule has 264 valence electrons. The van der Waals surface area contributed by atoms with Crippen LogP contribution in [0.1, 0.15) is 116 Å². The van der Waals surface area contributed by atoms with E-state index in [0.29, 0.717) is 32.7 Å². The molecule has 13 nitrogen and oxygen atoms in total. The highest BCUT2D eigenvalue weighted by molar-refractivity contribution is 7.47. The van der Waals surface area contributed by atoms with Crippen LogP contribution in [0.15, 0.2) is 22.1 Å². The lowest BCUT2D eigenvalue weighted by atomic mass is 10.0. The molecule has 0 bridgehead atoms. The topological polar surface area (TPSA) is 165 Å². The number of aromatic nitrogens is 2. The van der Waals surface area contributed by atoms with E-state index in [1.54, 1.807) is 6.34 Å². The quantitative estimate of drug-likeness (QED) is 0.0569. The Hall–Kier alpha value is -1.70. The van der Waals surface area contributed by atoms with Crippen LogP contribution in [0, 0.1) is 0 Å². The van der Waals surface area contributed by atoms with Crippen molar-refractivity contribution in [2.45, 2.75) is 134 Å². The van der Waals surface area contributed by atoms with Crippen molar-refractivity contribution in [2.24, 2.45) is 4.99 Å². The van der Waals surface area contributed by atoms with E-state index in [0.717, 1.165) is 23.8 Å². The predicted molar refractivity (Wildman–Crippen MR) is 176 cm³/mol. The van der Waals surface area contributed by atoms with Gasteiger partial charge in [0, 0.05) is 19.3 Å². The van der Waals surface area contributed by atoms with E-state index in [1.807, 2.05) is 4.90 Å². The average Bonchev–Trinajstić information content (AvgIpc) is 3.33. The van der Waals surface area contributed by atoms with Crippen molar-refractivity contribution in [1.29, 1.82) is 0 Å². The fourth-order valence-corrected chi connectivity index (χ4v) is 6.40. The SMILES string of the molecule is CCCCCCCCCCCCCCCCCCOP(=O)(O)OC[C@H]1O[C@@H](n2ccc(N=CN3CCOCC3)nc2=O)C(O)C1O. The summed E-state index contributed by atoms with van der Waals surface area (Å²) in [5.41, 5.74) is -0.732. The van der Waals surface area contributed by atoms with Crippen LogP contribution in [0.3, 0.4) is 0 Å². The van der Waals surface area contributed by atoms with Gasteiger partial charge in [0.15, 0.2) is 12.0 Å². The van der Waals surface area contributed by atoms with Gasteiger partial charge in [-0.1, -0.05) is 103 Å². The maximum absolute atomic E-state index is 12.6. The second-order valence-corrected chi connectivity index (χ2v) is 13.8. The zero-order valence-electron chi connectivity index (χ0n) is 27.6. The Labute approximate surface area is 273 Å². The van der Waals surface area contributed by atoms with Crippen LogP contribution >= 0.6 is 7.82 Å². The van der Waals surface area contributed by atoms with Crippen LogP contribution < -0.4 is 5.69 Å². The maximum Gasteiger partial charge on any atom is 0.472 e. The summed E-state index contributed by atoms with van der Waals surface area (Å²) < 4.78 is 34.4. The molecule has 0 spiro atoms. The molecule has 1 aromatic rings. The van der Waals surface area contributed by atoms with Crippen molar-refractivity contribution < 1.29 is 38.2 Å². The van der Waals surface area contributed by atoms with Gasteiger partial charge in [-0.25, -0.2) is 14.4 Å². The first-order valence-corrected chi connectivity index (χ1v) is 18.9. The zero-order chi connectivity index (χ0) is 33.0. The van der Waals surface area contributed by atoms with E-state index in [-0.39, 0.29) is 12.4 Å². The molecular formula is C32H57N4O9P. The Kier molecular flexibility index (Phi) is 18.6. The van der Waals surface area contributed by atoms with Crippen molar-refractivity contribution in [3.63, 3.8) is 0 Å². The van der Waals surface area contributed by atoms with Gasteiger partial charge in [0.2, 0.25) is 0 Å². The lowest BCUT2D eigenvalue weighted by molar-refractivity contribution is -0.0551. The predicted octanol–water partition coefficient (Wildman–Crippen LogP) is 5.25. The zero-order valence-corrected chi connectivity index (χ0v) is 28.5. The monoisotopic (exact) mass is 672 g/mol. The molecule has 1 aromatic heterocycles. The number of aliphatic imine (C=N–C) groups is 1. The number of morpholine rings is 1. The summed E-state index contributed by atoms with van der Waals surface area (Å²) in [6.45, 7) is 4.40. The summed E-state index contributed by atoms with van der Waals surface area (Å²) >= 11 is 0. The minimum absolute atomic E-state index is 0.0764. The summed E-state index contributed by atoms with van der Waals surface area (Å²) in [4.78, 5) is 32.8. The number of unbranched alkanes of at least 4 members (excludes halogenated alkanes) is 15. The lowest BCUT2D eigenvalue weighted by Crippen LogP contribution is -2.36. The third-order valence-corrected chi connectivity index (χ3v) is 9.46. The number of hydrogen-bond donors (Lipinski definition) is 3. The van der Waals surface area contributed by atoms with Crippen molar-refractivity contribution in [3.05, 3.63) is 22.7 Å². The fraction of sp³-hybridized carbons (Fsp3) is 0.844. The molecule has 14 heteroatoms. The minimum Gasteiger partial charge on any atom is -0.387 e. The van der Waals surface area contributed by atoms with Gasteiger partial charge in [0.05, 0.1) is 32.8 Å². The van der Waals surface area contributed by atoms with E-state index >= 15 is 0 Å². The summed E-state index contributed by atoms with van der Waals surface area (Å²) in [6, 6.07) is 1.49. The molecule has 3 unspecified atom stereocenters. The summed E-state index contributed by atoms with van der Waals surface area (Å²) in [5, 5.41) is 21.0. The maximum atomic E-state index is 12.6. The van der Waals surface area contributed by atoms with E-state index in [2.05, 4.69) is 16.9 Å². The standard InChI is InChI=1S/C32H57N4O9P/c1-2-3-4-5-6-7-8-9-10-11-12-13-14-15-16-17-22-43-46(40,41)44-25-27-29(37)30(38)31(45-27)36-19-18-28(34-32(36)39)33-26-35-20-23-42-24-21-35/h18-19,26-27,29-31,37-38H,2-17,20-25H2,1H3,(H,40,41)/t27-,29?,30?,31-/m1/s1. The number of nitrogens with zero attached hydrogens (tertiary/aromatic N) is 4. The number of hydrogen-bond acceptors (Lipinski definition) is 10. The Morgan fingerprint density at radius 1 is 0.913 bits per heavy atom. The van der Waals surface area contributed by atoms with E-state index in [1.165, 1.54) is 89.3 Å². The number of phosphoric ester groups is 1. The van der Waals surface area contributed by atoms with Crippen molar-refractivity contribution in [2.75, 3.05) is 39.5 Å². The van der Waals surface area contributed by atoms with Gasteiger partial charge in [-0.15, -0.1) is 0 Å². The van der Waals surface area contributed by atoms with Crippen molar-refractivity contribution in [1.82, 2.24) is 14.5 Å². The number of aliphatic hydroxyl groups excluding tert-OH is 2. The minimum atomic E-state index is -4.39. The number of phosphoric acid groups is 1. The van der Waals surface area contributed by atoms with E-state index < -0.39 is 44.7 Å². The van der Waals surface area contributed by atoms with E-state index in [4.69, 9.17) is 18.5 Å². The van der Waals surface area contributed by atoms with E-state index in [9.17, 15) is 24.5 Å². The summed E-state index contributed by atoms with van der Waals surface area (Å²) in [7, 11) is -4.39. The van der Waals surface area contributed by atoms with Gasteiger partial charge in [-0.05, 0) is 12.5 Å². The highest BCUT2D eigenvalue weighted by Gasteiger charge is 2.45. The first kappa shape index (κ1) is 38.7. The first-order chi connectivity index (χ1) is 22.3. The van der Waals surface area contributed by atoms with Crippen molar-refractivity contribution >= 4 is 20.0 Å². The lowest BCUT2D eigenvalue weighted by Gasteiger charge is -2.24. The van der Waals surface area contributed by atoms with Crippen LogP contribution in [-0.2, 0) is 23.1 Å². The van der Waals surface area contributed by atoms with Crippen LogP contribution in [0.2, 0.25) is 0 Å². The molecule has 0 radical (unpaired) electrons. The largest absolute Gasteiger partial charge is 0.472 e. The Bertz CT molecular complexity index is 1100. The molecule has 5 atom stereocenters. The number of ether oxygens (including phenoxy) is 2. The Morgan fingerprint density at radius 2 is 1.48 bits per heavy atom. The molecule has 3 N–H and O–H groups in total. The number of aliphatic hydroxyl groups is 2. The second kappa shape index (κ2) is 22.0. The highest BCUT2D eigenvalue weighted by Crippen LogP contribution is 2.44. The summed E-state index contributed by atoms with van der Waals surface area (Å²) in [6.07, 6.45) is 17.3. The molecule has 2 aliphatic heterocycles. The average molecular weight is 673 g/mol. The third-order valence-electron chi connectivity index (χ3n) is 8.48. The molecule has 0 amide bonds. The normalized spacial score (nSPS) is 23.3. The molecular weight excluding hydrogens is 615 g/mol. The third kappa shape index (κ3) is 14.6. The smallest absolute Gasteiger partial charge is 0.387 e. The molecule has 0 aliphatic carbocycles. The van der Waals surface area contributed by atoms with Gasteiger partial charge in [0.1, 0.15) is 18.3 Å². The molecule has 2 fully saturated rings. The van der Waals surface area contributed by atoms with Gasteiger partial charge in [-0.2, -0.15) is 4.98 Å². The molecule has 0 aromatic carbocycles. The summed E-state index contributed by atoms with van der Waals surface area (Å²) in [5.74, 6) is 0.184. The molecule has 0 saturated carbocycles. The Morgan fingerprint density at radius 3 is 2.04 bits per heavy atom. The molecule has 2 aliphatic rings. The fourth-order valence-electron chi connectivity index (χ4n) is 5.63. The second-order valence-electron chi connectivity index (χ2n) is 12.3.